The molecule has 20 heavy (non-hydrogen) atoms. The van der Waals surface area contributed by atoms with Crippen LogP contribution in [0, 0.1) is 5.92 Å². The van der Waals surface area contributed by atoms with Gasteiger partial charge in [-0.15, -0.1) is 0 Å². The van der Waals surface area contributed by atoms with E-state index in [9.17, 15) is 0 Å². The second-order valence-electron chi connectivity index (χ2n) is 7.58. The summed E-state index contributed by atoms with van der Waals surface area (Å²) in [4.78, 5) is 2.74. The lowest BCUT2D eigenvalue weighted by Gasteiger charge is -2.37. The highest BCUT2D eigenvalue weighted by molar-refractivity contribution is 4.90. The molecule has 0 amide bonds. The Hall–Kier alpha value is -0.0800. The Morgan fingerprint density at radius 3 is 2.75 bits per heavy atom. The van der Waals surface area contributed by atoms with E-state index in [1.165, 1.54) is 83.7 Å². The molecule has 0 spiro atoms. The van der Waals surface area contributed by atoms with Crippen LogP contribution in [0.25, 0.3) is 0 Å². The summed E-state index contributed by atoms with van der Waals surface area (Å²) in [5.41, 5.74) is 0. The van der Waals surface area contributed by atoms with Gasteiger partial charge in [0, 0.05) is 18.1 Å². The zero-order valence-corrected chi connectivity index (χ0v) is 13.4. The molecule has 3 rings (SSSR count). The minimum absolute atomic E-state index is 0.821. The zero-order chi connectivity index (χ0) is 13.8. The molecule has 1 saturated carbocycles. The number of piperidine rings is 1. The fourth-order valence-corrected chi connectivity index (χ4v) is 4.95. The molecule has 1 aliphatic carbocycles. The van der Waals surface area contributed by atoms with Crippen LogP contribution in [0.1, 0.15) is 77.6 Å². The van der Waals surface area contributed by atoms with E-state index in [1.54, 1.807) is 0 Å². The van der Waals surface area contributed by atoms with Gasteiger partial charge in [0.05, 0.1) is 0 Å². The Kier molecular flexibility index (Phi) is 5.39. The molecule has 0 bridgehead atoms. The van der Waals surface area contributed by atoms with Crippen LogP contribution in [-0.2, 0) is 0 Å². The van der Waals surface area contributed by atoms with Gasteiger partial charge >= 0.3 is 0 Å². The molecule has 2 saturated heterocycles. The van der Waals surface area contributed by atoms with Crippen molar-refractivity contribution < 1.29 is 0 Å². The molecule has 2 nitrogen and oxygen atoms in total. The van der Waals surface area contributed by atoms with Crippen molar-refractivity contribution in [2.24, 2.45) is 5.92 Å². The summed E-state index contributed by atoms with van der Waals surface area (Å²) in [5.74, 6) is 1.03. The Bertz CT molecular complexity index is 291. The Balaban J connectivity index is 1.43. The van der Waals surface area contributed by atoms with Crippen LogP contribution in [0.15, 0.2) is 0 Å². The number of nitrogens with zero attached hydrogens (tertiary/aromatic N) is 1. The second kappa shape index (κ2) is 7.26. The molecule has 0 aromatic heterocycles. The third-order valence-electron chi connectivity index (χ3n) is 6.08. The van der Waals surface area contributed by atoms with Gasteiger partial charge in [-0.25, -0.2) is 0 Å². The molecule has 1 N–H and O–H groups in total. The Morgan fingerprint density at radius 1 is 0.900 bits per heavy atom. The predicted molar refractivity (Wildman–Crippen MR) is 86.0 cm³/mol. The van der Waals surface area contributed by atoms with Gasteiger partial charge in [0.1, 0.15) is 0 Å². The van der Waals surface area contributed by atoms with E-state index in [2.05, 4.69) is 17.1 Å². The molecule has 0 aromatic carbocycles. The van der Waals surface area contributed by atoms with Crippen LogP contribution in [0.3, 0.4) is 0 Å². The monoisotopic (exact) mass is 278 g/mol. The summed E-state index contributed by atoms with van der Waals surface area (Å²) >= 11 is 0. The topological polar surface area (TPSA) is 15.3 Å². The molecule has 4 unspecified atom stereocenters. The van der Waals surface area contributed by atoms with Gasteiger partial charge in [-0.2, -0.15) is 0 Å². The molecule has 3 aliphatic rings. The molecule has 2 heteroatoms. The van der Waals surface area contributed by atoms with Crippen LogP contribution in [-0.4, -0.2) is 36.1 Å². The average molecular weight is 278 g/mol. The number of nitrogens with one attached hydrogen (secondary N) is 1. The fourth-order valence-electron chi connectivity index (χ4n) is 4.95. The van der Waals surface area contributed by atoms with Crippen molar-refractivity contribution in [3.63, 3.8) is 0 Å². The molecule has 4 atom stereocenters. The summed E-state index contributed by atoms with van der Waals surface area (Å²) in [6.07, 6.45) is 15.9. The minimum Gasteiger partial charge on any atom is -0.311 e. The maximum absolute atomic E-state index is 4.05. The number of hydrogen-bond donors (Lipinski definition) is 1. The molecular weight excluding hydrogens is 244 g/mol. The first-order valence-corrected chi connectivity index (χ1v) is 9.35. The summed E-state index contributed by atoms with van der Waals surface area (Å²) < 4.78 is 0. The standard InChI is InChI=1S/C18H34N2/c1-2-5-15-6-3-7-16(10-9-15)19-17-11-13-20-12-4-8-18(20)14-17/h15-19H,2-14H2,1H3. The van der Waals surface area contributed by atoms with Crippen molar-refractivity contribution in [2.45, 2.75) is 95.7 Å². The van der Waals surface area contributed by atoms with E-state index < -0.39 is 0 Å². The molecule has 3 fully saturated rings. The van der Waals surface area contributed by atoms with Crippen molar-refractivity contribution in [3.05, 3.63) is 0 Å². The third-order valence-corrected chi connectivity index (χ3v) is 6.08. The summed E-state index contributed by atoms with van der Waals surface area (Å²) in [5, 5.41) is 4.05. The molecule has 0 aromatic rings. The lowest BCUT2D eigenvalue weighted by molar-refractivity contribution is 0.158. The maximum atomic E-state index is 4.05. The van der Waals surface area contributed by atoms with E-state index in [0.29, 0.717) is 0 Å². The predicted octanol–water partition coefficient (Wildman–Crippen LogP) is 3.95. The van der Waals surface area contributed by atoms with Gasteiger partial charge in [-0.3, -0.25) is 0 Å². The highest BCUT2D eigenvalue weighted by Crippen LogP contribution is 2.30. The Morgan fingerprint density at radius 2 is 1.85 bits per heavy atom. The average Bonchev–Trinajstić information content (AvgIpc) is 2.81. The van der Waals surface area contributed by atoms with Gasteiger partial charge in [0.2, 0.25) is 0 Å². The largest absolute Gasteiger partial charge is 0.311 e. The summed E-state index contributed by atoms with van der Waals surface area (Å²) in [6.45, 7) is 5.07. The fraction of sp³-hybridized carbons (Fsp3) is 1.00. The van der Waals surface area contributed by atoms with E-state index in [1.807, 2.05) is 0 Å². The summed E-state index contributed by atoms with van der Waals surface area (Å²) in [6, 6.07) is 2.57. The lowest BCUT2D eigenvalue weighted by Crippen LogP contribution is -2.48. The normalized spacial score (nSPS) is 39.5. The molecule has 0 radical (unpaired) electrons. The van der Waals surface area contributed by atoms with Gasteiger partial charge < -0.3 is 10.2 Å². The van der Waals surface area contributed by atoms with Crippen molar-refractivity contribution in [1.29, 1.82) is 0 Å². The van der Waals surface area contributed by atoms with Crippen LogP contribution in [0.5, 0.6) is 0 Å². The minimum atomic E-state index is 0.821. The third kappa shape index (κ3) is 3.76. The smallest absolute Gasteiger partial charge is 0.0111 e. The highest BCUT2D eigenvalue weighted by atomic mass is 15.2. The van der Waals surface area contributed by atoms with Crippen molar-refractivity contribution >= 4 is 0 Å². The molecular formula is C18H34N2. The SMILES string of the molecule is CCCC1CCCC(NC2CCN3CCCC3C2)CC1. The number of hydrogen-bond acceptors (Lipinski definition) is 2. The van der Waals surface area contributed by atoms with Gasteiger partial charge in [0.25, 0.3) is 0 Å². The van der Waals surface area contributed by atoms with Crippen molar-refractivity contribution in [1.82, 2.24) is 10.2 Å². The van der Waals surface area contributed by atoms with Gasteiger partial charge in [-0.05, 0) is 64.0 Å². The molecule has 2 heterocycles. The summed E-state index contributed by atoms with van der Waals surface area (Å²) in [7, 11) is 0. The van der Waals surface area contributed by atoms with E-state index in [0.717, 1.165) is 24.0 Å². The zero-order valence-electron chi connectivity index (χ0n) is 13.4. The maximum Gasteiger partial charge on any atom is 0.0111 e. The van der Waals surface area contributed by atoms with Gasteiger partial charge in [0.15, 0.2) is 0 Å². The van der Waals surface area contributed by atoms with E-state index in [4.69, 9.17) is 0 Å². The van der Waals surface area contributed by atoms with Crippen LogP contribution in [0.2, 0.25) is 0 Å². The first kappa shape index (κ1) is 14.8. The quantitative estimate of drug-likeness (QED) is 0.783. The Labute approximate surface area is 125 Å². The van der Waals surface area contributed by atoms with Gasteiger partial charge in [-0.1, -0.05) is 32.6 Å². The van der Waals surface area contributed by atoms with Crippen LogP contribution < -0.4 is 5.32 Å². The van der Waals surface area contributed by atoms with E-state index >= 15 is 0 Å². The van der Waals surface area contributed by atoms with Crippen LogP contribution >= 0.6 is 0 Å². The molecule has 2 aliphatic heterocycles. The lowest BCUT2D eigenvalue weighted by atomic mass is 9.94. The number of rotatable bonds is 4. The highest BCUT2D eigenvalue weighted by Gasteiger charge is 2.32. The first-order chi connectivity index (χ1) is 9.85. The van der Waals surface area contributed by atoms with Crippen molar-refractivity contribution in [2.75, 3.05) is 13.1 Å². The second-order valence-corrected chi connectivity index (χ2v) is 7.58. The first-order valence-electron chi connectivity index (χ1n) is 9.35. The van der Waals surface area contributed by atoms with E-state index in [-0.39, 0.29) is 0 Å². The van der Waals surface area contributed by atoms with Crippen molar-refractivity contribution in [3.8, 4) is 0 Å². The number of fused-ring (bicyclic) bond motifs is 1. The molecule has 116 valence electrons. The van der Waals surface area contributed by atoms with Crippen LogP contribution in [0.4, 0.5) is 0 Å².